The van der Waals surface area contributed by atoms with E-state index in [4.69, 9.17) is 9.47 Å². The molecule has 0 radical (unpaired) electrons. The van der Waals surface area contributed by atoms with Crippen LogP contribution in [0.15, 0.2) is 77.7 Å². The van der Waals surface area contributed by atoms with Gasteiger partial charge in [-0.1, -0.05) is 30.3 Å². The zero-order valence-corrected chi connectivity index (χ0v) is 24.7. The molecule has 1 aliphatic heterocycles. The lowest BCUT2D eigenvalue weighted by Gasteiger charge is -2.30. The minimum absolute atomic E-state index is 0.0131. The van der Waals surface area contributed by atoms with Gasteiger partial charge in [0.15, 0.2) is 0 Å². The highest BCUT2D eigenvalue weighted by Crippen LogP contribution is 2.31. The predicted octanol–water partition coefficient (Wildman–Crippen LogP) is 4.12. The van der Waals surface area contributed by atoms with Crippen LogP contribution in [0, 0.1) is 5.92 Å². The van der Waals surface area contributed by atoms with Gasteiger partial charge < -0.3 is 14.8 Å². The monoisotopic (exact) mass is 601 g/mol. The highest BCUT2D eigenvalue weighted by atomic mass is 32.2. The summed E-state index contributed by atoms with van der Waals surface area (Å²) in [6.07, 6.45) is 2.08. The highest BCUT2D eigenvalue weighted by molar-refractivity contribution is 7.92. The molecule has 220 valence electrons. The molecule has 41 heavy (non-hydrogen) atoms. The molecule has 2 N–H and O–H groups in total. The van der Waals surface area contributed by atoms with Gasteiger partial charge in [-0.3, -0.25) is 9.52 Å². The van der Waals surface area contributed by atoms with Crippen molar-refractivity contribution in [3.8, 4) is 11.5 Å². The maximum atomic E-state index is 12.9. The van der Waals surface area contributed by atoms with E-state index < -0.39 is 20.0 Å². The molecule has 10 nitrogen and oxygen atoms in total. The van der Waals surface area contributed by atoms with E-state index in [0.717, 1.165) is 5.56 Å². The van der Waals surface area contributed by atoms with Gasteiger partial charge in [-0.05, 0) is 67.6 Å². The third-order valence-corrected chi connectivity index (χ3v) is 10.4. The third-order valence-electron chi connectivity index (χ3n) is 7.01. The Hall–Kier alpha value is -3.61. The van der Waals surface area contributed by atoms with Crippen molar-refractivity contribution in [1.82, 2.24) is 4.31 Å². The average molecular weight is 602 g/mol. The number of sulfonamides is 2. The van der Waals surface area contributed by atoms with Gasteiger partial charge in [0.2, 0.25) is 15.9 Å². The number of methoxy groups -OCH3 is 2. The molecule has 12 heteroatoms. The first kappa shape index (κ1) is 30.4. The molecule has 1 amide bonds. The Kier molecular flexibility index (Phi) is 9.90. The quantitative estimate of drug-likeness (QED) is 0.319. The van der Waals surface area contributed by atoms with E-state index in [0.29, 0.717) is 56.0 Å². The van der Waals surface area contributed by atoms with Gasteiger partial charge in [-0.25, -0.2) is 21.1 Å². The van der Waals surface area contributed by atoms with E-state index in [1.54, 1.807) is 18.2 Å². The molecular weight excluding hydrogens is 566 g/mol. The Morgan fingerprint density at radius 2 is 1.59 bits per heavy atom. The van der Waals surface area contributed by atoms with E-state index in [1.165, 1.54) is 42.8 Å². The third kappa shape index (κ3) is 7.99. The Labute approximate surface area is 241 Å². The molecule has 1 fully saturated rings. The van der Waals surface area contributed by atoms with Crippen LogP contribution in [-0.4, -0.2) is 60.1 Å². The molecule has 1 heterocycles. The minimum Gasteiger partial charge on any atom is -0.497 e. The van der Waals surface area contributed by atoms with Gasteiger partial charge in [-0.15, -0.1) is 0 Å². The van der Waals surface area contributed by atoms with Crippen molar-refractivity contribution in [3.63, 3.8) is 0 Å². The van der Waals surface area contributed by atoms with E-state index >= 15 is 0 Å². The number of amides is 1. The summed E-state index contributed by atoms with van der Waals surface area (Å²) in [5, 5.41) is 2.82. The number of hydrogen-bond donors (Lipinski definition) is 2. The van der Waals surface area contributed by atoms with Crippen molar-refractivity contribution in [3.05, 3.63) is 78.4 Å². The molecule has 1 aliphatic rings. The van der Waals surface area contributed by atoms with E-state index in [9.17, 15) is 21.6 Å². The van der Waals surface area contributed by atoms with E-state index in [2.05, 4.69) is 10.0 Å². The highest BCUT2D eigenvalue weighted by Gasteiger charge is 2.31. The second kappa shape index (κ2) is 13.4. The van der Waals surface area contributed by atoms with Crippen LogP contribution in [0.25, 0.3) is 0 Å². The molecule has 0 aliphatic carbocycles. The largest absolute Gasteiger partial charge is 0.497 e. The molecule has 3 aromatic carbocycles. The maximum absolute atomic E-state index is 12.9. The van der Waals surface area contributed by atoms with Gasteiger partial charge >= 0.3 is 0 Å². The van der Waals surface area contributed by atoms with Crippen molar-refractivity contribution in [2.45, 2.75) is 30.6 Å². The minimum atomic E-state index is -3.92. The molecule has 1 saturated heterocycles. The van der Waals surface area contributed by atoms with Gasteiger partial charge in [0.25, 0.3) is 10.0 Å². The Morgan fingerprint density at radius 3 is 2.22 bits per heavy atom. The lowest BCUT2D eigenvalue weighted by molar-refractivity contribution is -0.120. The summed E-state index contributed by atoms with van der Waals surface area (Å²) in [6, 6.07) is 20.4. The van der Waals surface area contributed by atoms with Crippen molar-refractivity contribution >= 4 is 37.3 Å². The smallest absolute Gasteiger partial charge is 0.262 e. The maximum Gasteiger partial charge on any atom is 0.262 e. The number of carbonyl (C=O) groups is 1. The summed E-state index contributed by atoms with van der Waals surface area (Å²) in [7, 11) is -4.37. The van der Waals surface area contributed by atoms with Gasteiger partial charge in [0.05, 0.1) is 30.6 Å². The van der Waals surface area contributed by atoms with E-state index in [-0.39, 0.29) is 28.2 Å². The van der Waals surface area contributed by atoms with Gasteiger partial charge in [-0.2, -0.15) is 0 Å². The molecule has 0 bridgehead atoms. The molecular formula is C29H35N3O7S2. The second-order valence-electron chi connectivity index (χ2n) is 9.76. The Bertz CT molecular complexity index is 1540. The van der Waals surface area contributed by atoms with Crippen molar-refractivity contribution in [1.29, 1.82) is 0 Å². The van der Waals surface area contributed by atoms with Crippen LogP contribution in [0.5, 0.6) is 11.5 Å². The SMILES string of the molecule is COc1ccc(NS(=O)(=O)c2ccc(NC(=O)C3CCN(S(=O)(=O)CCCc4ccccc4)CC3)cc2)c(OC)c1. The first-order valence-corrected chi connectivity index (χ1v) is 16.4. The average Bonchev–Trinajstić information content (AvgIpc) is 2.98. The summed E-state index contributed by atoms with van der Waals surface area (Å²) in [5.41, 5.74) is 1.82. The van der Waals surface area contributed by atoms with Crippen LogP contribution in [0.4, 0.5) is 11.4 Å². The Morgan fingerprint density at radius 1 is 0.902 bits per heavy atom. The Balaban J connectivity index is 1.28. The summed E-state index contributed by atoms with van der Waals surface area (Å²) in [6.45, 7) is 0.590. The number of piperidine rings is 1. The summed E-state index contributed by atoms with van der Waals surface area (Å²) in [5.74, 6) is 0.355. The first-order chi connectivity index (χ1) is 19.6. The standard InChI is InChI=1S/C29H35N3O7S2/c1-38-25-12-15-27(28(21-25)39-2)31-41(36,37)26-13-10-24(11-14-26)30-29(33)23-16-18-32(19-17-23)40(34,35)20-6-9-22-7-4-3-5-8-22/h3-5,7-8,10-15,21,23,31H,6,9,16-20H2,1-2H3,(H,30,33). The number of ether oxygens (including phenoxy) is 2. The zero-order chi connectivity index (χ0) is 29.5. The number of carbonyl (C=O) groups excluding carboxylic acids is 1. The van der Waals surface area contributed by atoms with Crippen molar-refractivity contribution < 1.29 is 31.1 Å². The molecule has 0 unspecified atom stereocenters. The summed E-state index contributed by atoms with van der Waals surface area (Å²) in [4.78, 5) is 12.9. The summed E-state index contributed by atoms with van der Waals surface area (Å²) < 4.78 is 65.8. The molecule has 0 atom stereocenters. The lowest BCUT2D eigenvalue weighted by Crippen LogP contribution is -2.42. The summed E-state index contributed by atoms with van der Waals surface area (Å²) >= 11 is 0. The molecule has 0 spiro atoms. The number of rotatable bonds is 12. The molecule has 4 rings (SSSR count). The number of anilines is 2. The fourth-order valence-corrected chi connectivity index (χ4v) is 7.28. The first-order valence-electron chi connectivity index (χ1n) is 13.3. The van der Waals surface area contributed by atoms with Crippen molar-refractivity contribution in [2.24, 2.45) is 5.92 Å². The van der Waals surface area contributed by atoms with Crippen LogP contribution in [0.1, 0.15) is 24.8 Å². The topological polar surface area (TPSA) is 131 Å². The molecule has 3 aromatic rings. The molecule has 0 saturated carbocycles. The van der Waals surface area contributed by atoms with Crippen LogP contribution in [0.3, 0.4) is 0 Å². The number of nitrogens with zero attached hydrogens (tertiary/aromatic N) is 1. The predicted molar refractivity (Wildman–Crippen MR) is 158 cm³/mol. The van der Waals surface area contributed by atoms with E-state index in [1.807, 2.05) is 30.3 Å². The van der Waals surface area contributed by atoms with Crippen LogP contribution >= 0.6 is 0 Å². The normalized spacial score (nSPS) is 14.8. The fraction of sp³-hybridized carbons (Fsp3) is 0.345. The second-order valence-corrected chi connectivity index (χ2v) is 13.5. The zero-order valence-electron chi connectivity index (χ0n) is 23.1. The van der Waals surface area contributed by atoms with Gasteiger partial charge in [0, 0.05) is 30.8 Å². The number of aryl methyl sites for hydroxylation is 1. The number of nitrogens with one attached hydrogen (secondary N) is 2. The van der Waals surface area contributed by atoms with Crippen LogP contribution in [0.2, 0.25) is 0 Å². The molecule has 0 aromatic heterocycles. The van der Waals surface area contributed by atoms with Crippen LogP contribution < -0.4 is 19.5 Å². The van der Waals surface area contributed by atoms with Crippen molar-refractivity contribution in [2.75, 3.05) is 43.1 Å². The lowest BCUT2D eigenvalue weighted by atomic mass is 9.97. The van der Waals surface area contributed by atoms with Crippen LogP contribution in [-0.2, 0) is 31.3 Å². The number of hydrogen-bond acceptors (Lipinski definition) is 7. The van der Waals surface area contributed by atoms with Gasteiger partial charge in [0.1, 0.15) is 11.5 Å². The number of benzene rings is 3. The fourth-order valence-electron chi connectivity index (χ4n) is 4.68.